The Kier molecular flexibility index (Phi) is 72.8. The summed E-state index contributed by atoms with van der Waals surface area (Å²) in [6.07, 6.45) is 64.4. The largest absolute Gasteiger partial charge is 0.472 e. The van der Waals surface area contributed by atoms with Crippen molar-refractivity contribution in [2.24, 2.45) is 17.8 Å². The zero-order valence-electron chi connectivity index (χ0n) is 67.8. The van der Waals surface area contributed by atoms with Crippen LogP contribution in [0.4, 0.5) is 0 Å². The van der Waals surface area contributed by atoms with E-state index in [0.717, 1.165) is 114 Å². The molecule has 0 spiro atoms. The molecule has 0 fully saturated rings. The summed E-state index contributed by atoms with van der Waals surface area (Å²) < 4.78 is 68.5. The molecule has 103 heavy (non-hydrogen) atoms. The van der Waals surface area contributed by atoms with Crippen LogP contribution >= 0.6 is 15.6 Å². The van der Waals surface area contributed by atoms with Crippen molar-refractivity contribution >= 4 is 39.5 Å². The quantitative estimate of drug-likeness (QED) is 0.0222. The molecule has 0 aliphatic heterocycles. The van der Waals surface area contributed by atoms with Crippen LogP contribution in [-0.2, 0) is 65.4 Å². The second-order valence-corrected chi connectivity index (χ2v) is 34.1. The van der Waals surface area contributed by atoms with E-state index in [1.54, 1.807) is 0 Å². The Hall–Kier alpha value is -1.94. The second kappa shape index (κ2) is 74.2. The molecule has 0 saturated carbocycles. The minimum Gasteiger partial charge on any atom is -0.462 e. The lowest BCUT2D eigenvalue weighted by atomic mass is 9.99. The van der Waals surface area contributed by atoms with Gasteiger partial charge in [-0.2, -0.15) is 0 Å². The van der Waals surface area contributed by atoms with E-state index in [4.69, 9.17) is 37.0 Å². The Labute approximate surface area is 632 Å². The molecule has 0 radical (unpaired) electrons. The van der Waals surface area contributed by atoms with Gasteiger partial charge in [-0.25, -0.2) is 9.13 Å². The molecule has 0 aliphatic rings. The van der Waals surface area contributed by atoms with Crippen LogP contribution in [0, 0.1) is 17.8 Å². The van der Waals surface area contributed by atoms with Crippen LogP contribution < -0.4 is 0 Å². The Morgan fingerprint density at radius 1 is 0.282 bits per heavy atom. The minimum absolute atomic E-state index is 0.106. The fraction of sp³-hybridized carbons (Fsp3) is 0.952. The fourth-order valence-electron chi connectivity index (χ4n) is 13.0. The SMILES string of the molecule is CCCCCCCC(=O)OC[C@H](COP(=O)(O)OC[C@H](O)COP(=O)(O)OC[C@@H](COC(=O)CCCCCCCCCCCCCCCCCCCCC(C)CC)OC(=O)CCCCCCCCCCCCCCCCCCCCC(C)CC)OC(=O)CCCCCCCCCCCCCC(C)C. The van der Waals surface area contributed by atoms with E-state index in [-0.39, 0.29) is 25.7 Å². The van der Waals surface area contributed by atoms with Crippen molar-refractivity contribution in [2.45, 2.75) is 458 Å². The number of hydrogen-bond donors (Lipinski definition) is 3. The van der Waals surface area contributed by atoms with Gasteiger partial charge in [0.25, 0.3) is 0 Å². The van der Waals surface area contributed by atoms with Crippen molar-refractivity contribution in [1.29, 1.82) is 0 Å². The number of ether oxygens (including phenoxy) is 4. The normalized spacial score (nSPS) is 14.4. The number of esters is 4. The molecule has 3 N–H and O–H groups in total. The molecule has 0 aromatic rings. The van der Waals surface area contributed by atoms with Crippen molar-refractivity contribution < 1.29 is 80.2 Å². The van der Waals surface area contributed by atoms with Gasteiger partial charge in [-0.1, -0.05) is 389 Å². The standard InChI is InChI=1S/C84H164O17P2/c1-8-11-12-48-58-65-81(86)94-71-79(100-83(88)68-61-54-47-41-35-29-30-36-42-49-55-62-75(4)5)73-98-102(90,91)96-69-78(85)70-97-103(92,93)99-74-80(101-84(89)67-60-53-46-40-34-28-24-20-16-14-18-22-26-32-38-44-51-57-64-77(7)10-3)72-95-82(87)66-59-52-45-39-33-27-23-19-15-13-17-21-25-31-37-43-50-56-63-76(6)9-2/h75-80,85H,8-74H2,1-7H3,(H,90,91)(H,92,93)/t76?,77?,78-,79+,80+/m0/s1. The average molecular weight is 1510 g/mol. The summed E-state index contributed by atoms with van der Waals surface area (Å²) >= 11 is 0. The molecule has 0 aliphatic carbocycles. The number of carbonyl (C=O) groups excluding carboxylic acids is 4. The first-order valence-electron chi connectivity index (χ1n) is 43.4. The molecule has 7 atom stereocenters. The van der Waals surface area contributed by atoms with Crippen LogP contribution in [0.3, 0.4) is 0 Å². The summed E-state index contributed by atoms with van der Waals surface area (Å²) in [6.45, 7) is 12.0. The maximum atomic E-state index is 13.1. The van der Waals surface area contributed by atoms with Crippen molar-refractivity contribution in [3.63, 3.8) is 0 Å². The summed E-state index contributed by atoms with van der Waals surface area (Å²) in [4.78, 5) is 72.8. The summed E-state index contributed by atoms with van der Waals surface area (Å²) in [6, 6.07) is 0. The number of unbranched alkanes of at least 4 members (excludes halogenated alkanes) is 48. The highest BCUT2D eigenvalue weighted by Gasteiger charge is 2.30. The average Bonchev–Trinajstić information content (AvgIpc) is 0.916. The summed E-state index contributed by atoms with van der Waals surface area (Å²) in [5, 5.41) is 10.6. The molecule has 612 valence electrons. The van der Waals surface area contributed by atoms with Crippen molar-refractivity contribution in [2.75, 3.05) is 39.6 Å². The monoisotopic (exact) mass is 1510 g/mol. The van der Waals surface area contributed by atoms with E-state index < -0.39 is 97.5 Å². The Morgan fingerprint density at radius 2 is 0.495 bits per heavy atom. The van der Waals surface area contributed by atoms with E-state index in [1.807, 2.05) is 0 Å². The zero-order valence-corrected chi connectivity index (χ0v) is 69.6. The number of aliphatic hydroxyl groups excluding tert-OH is 1. The first-order chi connectivity index (χ1) is 49.8. The smallest absolute Gasteiger partial charge is 0.462 e. The van der Waals surface area contributed by atoms with Crippen LogP contribution in [0.5, 0.6) is 0 Å². The Bertz CT molecular complexity index is 2000. The third-order valence-electron chi connectivity index (χ3n) is 20.4. The first-order valence-corrected chi connectivity index (χ1v) is 46.4. The van der Waals surface area contributed by atoms with E-state index in [9.17, 15) is 43.2 Å². The molecule has 0 saturated heterocycles. The highest BCUT2D eigenvalue weighted by Crippen LogP contribution is 2.45. The maximum Gasteiger partial charge on any atom is 0.472 e. The summed E-state index contributed by atoms with van der Waals surface area (Å²) in [5.41, 5.74) is 0. The maximum absolute atomic E-state index is 13.1. The topological polar surface area (TPSA) is 237 Å². The highest BCUT2D eigenvalue weighted by molar-refractivity contribution is 7.47. The molecule has 0 aromatic carbocycles. The predicted molar refractivity (Wildman–Crippen MR) is 423 cm³/mol. The molecular weight excluding hydrogens is 1340 g/mol. The van der Waals surface area contributed by atoms with E-state index in [2.05, 4.69) is 48.5 Å². The molecule has 17 nitrogen and oxygen atoms in total. The lowest BCUT2D eigenvalue weighted by Crippen LogP contribution is -2.30. The fourth-order valence-corrected chi connectivity index (χ4v) is 14.5. The molecule has 4 unspecified atom stereocenters. The molecule has 0 amide bonds. The molecular formula is C84H164O17P2. The Balaban J connectivity index is 5.10. The number of phosphoric ester groups is 2. The summed E-state index contributed by atoms with van der Waals surface area (Å²) in [5.74, 6) is 0.390. The van der Waals surface area contributed by atoms with E-state index in [1.165, 1.54) is 244 Å². The van der Waals surface area contributed by atoms with Gasteiger partial charge in [0, 0.05) is 25.7 Å². The van der Waals surface area contributed by atoms with Gasteiger partial charge in [0.15, 0.2) is 12.2 Å². The number of phosphoric acid groups is 2. The van der Waals surface area contributed by atoms with E-state index >= 15 is 0 Å². The van der Waals surface area contributed by atoms with Crippen LogP contribution in [0.15, 0.2) is 0 Å². The number of carbonyl (C=O) groups is 4. The van der Waals surface area contributed by atoms with Gasteiger partial charge >= 0.3 is 39.5 Å². The predicted octanol–water partition coefficient (Wildman–Crippen LogP) is 25.3. The number of hydrogen-bond acceptors (Lipinski definition) is 15. The Morgan fingerprint density at radius 3 is 0.738 bits per heavy atom. The van der Waals surface area contributed by atoms with Crippen molar-refractivity contribution in [3.8, 4) is 0 Å². The molecule has 0 bridgehead atoms. The number of aliphatic hydroxyl groups is 1. The van der Waals surface area contributed by atoms with Crippen LogP contribution in [0.25, 0.3) is 0 Å². The lowest BCUT2D eigenvalue weighted by molar-refractivity contribution is -0.161. The van der Waals surface area contributed by atoms with Gasteiger partial charge in [0.2, 0.25) is 0 Å². The second-order valence-electron chi connectivity index (χ2n) is 31.2. The number of rotatable bonds is 82. The molecule has 0 rings (SSSR count). The van der Waals surface area contributed by atoms with Gasteiger partial charge in [0.1, 0.15) is 19.3 Å². The van der Waals surface area contributed by atoms with Gasteiger partial charge in [-0.15, -0.1) is 0 Å². The first kappa shape index (κ1) is 101. The molecule has 0 heterocycles. The van der Waals surface area contributed by atoms with Gasteiger partial charge in [-0.3, -0.25) is 37.3 Å². The summed E-state index contributed by atoms with van der Waals surface area (Å²) in [7, 11) is -9.91. The van der Waals surface area contributed by atoms with Gasteiger partial charge in [-0.05, 0) is 43.4 Å². The molecule has 19 heteroatoms. The van der Waals surface area contributed by atoms with Gasteiger partial charge in [0.05, 0.1) is 26.4 Å². The highest BCUT2D eigenvalue weighted by atomic mass is 31.2. The van der Waals surface area contributed by atoms with Crippen molar-refractivity contribution in [1.82, 2.24) is 0 Å². The van der Waals surface area contributed by atoms with Crippen LogP contribution in [0.2, 0.25) is 0 Å². The van der Waals surface area contributed by atoms with Crippen molar-refractivity contribution in [3.05, 3.63) is 0 Å². The van der Waals surface area contributed by atoms with Crippen LogP contribution in [-0.4, -0.2) is 96.7 Å². The lowest BCUT2D eigenvalue weighted by Gasteiger charge is -2.21. The third-order valence-corrected chi connectivity index (χ3v) is 22.3. The minimum atomic E-state index is -4.96. The molecule has 0 aromatic heterocycles. The van der Waals surface area contributed by atoms with Crippen LogP contribution in [0.1, 0.15) is 440 Å². The van der Waals surface area contributed by atoms with E-state index in [0.29, 0.717) is 25.7 Å². The third kappa shape index (κ3) is 75.3. The van der Waals surface area contributed by atoms with Gasteiger partial charge < -0.3 is 33.8 Å². The zero-order chi connectivity index (χ0) is 75.8.